The average Bonchev–Trinajstić information content (AvgIpc) is 3.20. The predicted octanol–water partition coefficient (Wildman–Crippen LogP) is 15.0. The Kier molecular flexibility index (Phi) is 44.6. The monoisotopic (exact) mass is 806 g/mol. The van der Waals surface area contributed by atoms with Crippen molar-refractivity contribution < 1.29 is 24.5 Å². The van der Waals surface area contributed by atoms with Gasteiger partial charge in [0.25, 0.3) is 0 Å². The fraction of sp³-hybridized carbons (Fsp3) is 0.922. The van der Waals surface area contributed by atoms with Crippen molar-refractivity contribution in [3.63, 3.8) is 0 Å². The zero-order valence-corrected chi connectivity index (χ0v) is 38.5. The number of rotatable bonds is 46. The summed E-state index contributed by atoms with van der Waals surface area (Å²) in [4.78, 5) is 26.0. The number of hydrogen-bond donors (Lipinski definition) is 3. The van der Waals surface area contributed by atoms with E-state index in [0.29, 0.717) is 19.3 Å². The van der Waals surface area contributed by atoms with E-state index in [1.807, 2.05) is 0 Å². The Morgan fingerprint density at radius 2 is 0.842 bits per heavy atom. The molecule has 0 aliphatic heterocycles. The van der Waals surface area contributed by atoms with Crippen LogP contribution < -0.4 is 5.32 Å². The molecule has 0 saturated carbocycles. The number of allylic oxidation sites excluding steroid dienone is 2. The van der Waals surface area contributed by atoms with Crippen molar-refractivity contribution in [2.45, 2.75) is 296 Å². The minimum Gasteiger partial charge on any atom is -0.462 e. The molecule has 6 nitrogen and oxygen atoms in total. The summed E-state index contributed by atoms with van der Waals surface area (Å²) < 4.78 is 5.90. The zero-order chi connectivity index (χ0) is 41.7. The van der Waals surface area contributed by atoms with E-state index >= 15 is 0 Å². The minimum atomic E-state index is -0.785. The van der Waals surface area contributed by atoms with Gasteiger partial charge in [0.05, 0.1) is 25.2 Å². The maximum atomic E-state index is 13.1. The lowest BCUT2D eigenvalue weighted by Gasteiger charge is -2.24. The smallest absolute Gasteiger partial charge is 0.306 e. The number of amides is 1. The number of nitrogens with one attached hydrogen (secondary N) is 1. The molecule has 0 aromatic carbocycles. The molecule has 0 bridgehead atoms. The van der Waals surface area contributed by atoms with Gasteiger partial charge in [-0.1, -0.05) is 226 Å². The van der Waals surface area contributed by atoms with Gasteiger partial charge in [-0.25, -0.2) is 0 Å². The van der Waals surface area contributed by atoms with E-state index < -0.39 is 18.2 Å². The Bertz CT molecular complexity index is 863. The third-order valence-electron chi connectivity index (χ3n) is 11.8. The van der Waals surface area contributed by atoms with Crippen LogP contribution in [0, 0.1) is 0 Å². The summed E-state index contributed by atoms with van der Waals surface area (Å²) in [5.74, 6) is -0.478. The van der Waals surface area contributed by atoms with Crippen molar-refractivity contribution in [2.75, 3.05) is 6.61 Å². The lowest BCUT2D eigenvalue weighted by Crippen LogP contribution is -2.46. The van der Waals surface area contributed by atoms with Crippen LogP contribution in [-0.4, -0.2) is 46.9 Å². The van der Waals surface area contributed by atoms with Gasteiger partial charge in [0, 0.05) is 6.42 Å². The van der Waals surface area contributed by atoms with Crippen molar-refractivity contribution in [1.29, 1.82) is 0 Å². The molecule has 0 saturated heterocycles. The van der Waals surface area contributed by atoms with E-state index in [9.17, 15) is 19.8 Å². The molecule has 57 heavy (non-hydrogen) atoms. The molecule has 0 spiro atoms. The zero-order valence-electron chi connectivity index (χ0n) is 38.5. The highest BCUT2D eigenvalue weighted by atomic mass is 16.5. The molecule has 3 N–H and O–H groups in total. The molecule has 0 aromatic heterocycles. The number of hydrogen-bond acceptors (Lipinski definition) is 5. The van der Waals surface area contributed by atoms with E-state index in [4.69, 9.17) is 4.74 Å². The van der Waals surface area contributed by atoms with Crippen LogP contribution in [0.5, 0.6) is 0 Å². The molecule has 0 aliphatic rings. The van der Waals surface area contributed by atoms with Gasteiger partial charge in [-0.2, -0.15) is 0 Å². The summed E-state index contributed by atoms with van der Waals surface area (Å²) in [6.07, 6.45) is 49.9. The summed E-state index contributed by atoms with van der Waals surface area (Å²) in [6, 6.07) is -0.699. The molecule has 3 atom stereocenters. The third-order valence-corrected chi connectivity index (χ3v) is 11.8. The molecule has 0 aliphatic carbocycles. The van der Waals surface area contributed by atoms with Crippen molar-refractivity contribution in [2.24, 2.45) is 0 Å². The molecule has 6 heteroatoms. The molecule has 1 amide bonds. The van der Waals surface area contributed by atoms with Crippen molar-refractivity contribution in [3.8, 4) is 0 Å². The van der Waals surface area contributed by atoms with Gasteiger partial charge in [-0.3, -0.25) is 9.59 Å². The summed E-state index contributed by atoms with van der Waals surface area (Å²) in [5, 5.41) is 23.7. The van der Waals surface area contributed by atoms with E-state index in [-0.39, 0.29) is 24.9 Å². The van der Waals surface area contributed by atoms with Gasteiger partial charge >= 0.3 is 5.97 Å². The van der Waals surface area contributed by atoms with Gasteiger partial charge in [0.1, 0.15) is 6.10 Å². The fourth-order valence-electron chi connectivity index (χ4n) is 7.96. The second kappa shape index (κ2) is 45.7. The largest absolute Gasteiger partial charge is 0.462 e. The van der Waals surface area contributed by atoms with E-state index in [2.05, 4.69) is 38.2 Å². The number of aliphatic hydroxyl groups excluding tert-OH is 2. The molecular formula is C51H99NO5. The molecule has 0 fully saturated rings. The first-order valence-corrected chi connectivity index (χ1v) is 25.4. The number of ether oxygens (including phenoxy) is 1. The fourth-order valence-corrected chi connectivity index (χ4v) is 7.96. The van der Waals surface area contributed by atoms with Crippen LogP contribution in [-0.2, 0) is 14.3 Å². The lowest BCUT2D eigenvalue weighted by molar-refractivity contribution is -0.151. The number of carbonyl (C=O) groups excluding carboxylic acids is 2. The van der Waals surface area contributed by atoms with Gasteiger partial charge in [0.15, 0.2) is 0 Å². The van der Waals surface area contributed by atoms with Crippen LogP contribution in [0.25, 0.3) is 0 Å². The maximum absolute atomic E-state index is 13.1. The van der Waals surface area contributed by atoms with Crippen molar-refractivity contribution in [1.82, 2.24) is 5.32 Å². The summed E-state index contributed by atoms with van der Waals surface area (Å²) >= 11 is 0. The number of carbonyl (C=O) groups is 2. The highest BCUT2D eigenvalue weighted by Crippen LogP contribution is 2.18. The van der Waals surface area contributed by atoms with Crippen LogP contribution in [0.3, 0.4) is 0 Å². The van der Waals surface area contributed by atoms with E-state index in [0.717, 1.165) is 64.2 Å². The summed E-state index contributed by atoms with van der Waals surface area (Å²) in [7, 11) is 0. The topological polar surface area (TPSA) is 95.9 Å². The van der Waals surface area contributed by atoms with Crippen molar-refractivity contribution >= 4 is 11.9 Å². The van der Waals surface area contributed by atoms with Gasteiger partial charge in [-0.15, -0.1) is 0 Å². The van der Waals surface area contributed by atoms with Crippen LogP contribution >= 0.6 is 0 Å². The Labute approximate surface area is 355 Å². The Balaban J connectivity index is 4.42. The normalized spacial score (nSPS) is 13.3. The molecule has 0 rings (SSSR count). The van der Waals surface area contributed by atoms with Crippen molar-refractivity contribution in [3.05, 3.63) is 12.2 Å². The molecule has 338 valence electrons. The van der Waals surface area contributed by atoms with E-state index in [1.54, 1.807) is 0 Å². The first-order valence-electron chi connectivity index (χ1n) is 25.4. The first kappa shape index (κ1) is 55.6. The SMILES string of the molecule is CCCCC/C=C\CCCCCC(CC(=O)NC(CO)C(O)CCCCCCCCCCCCCCCCCCC)OC(=O)CCCCCCCCCCCCC. The molecule has 0 radical (unpaired) electrons. The molecular weight excluding hydrogens is 707 g/mol. The highest BCUT2D eigenvalue weighted by Gasteiger charge is 2.24. The predicted molar refractivity (Wildman–Crippen MR) is 246 cm³/mol. The van der Waals surface area contributed by atoms with Gasteiger partial charge in [-0.05, 0) is 51.4 Å². The van der Waals surface area contributed by atoms with Crippen LogP contribution in [0.2, 0.25) is 0 Å². The maximum Gasteiger partial charge on any atom is 0.306 e. The highest BCUT2D eigenvalue weighted by molar-refractivity contribution is 5.77. The molecule has 0 heterocycles. The Morgan fingerprint density at radius 3 is 1.28 bits per heavy atom. The van der Waals surface area contributed by atoms with Gasteiger partial charge < -0.3 is 20.3 Å². The summed E-state index contributed by atoms with van der Waals surface area (Å²) in [6.45, 7) is 6.46. The second-order valence-corrected chi connectivity index (χ2v) is 17.6. The Morgan fingerprint density at radius 1 is 0.491 bits per heavy atom. The Hall–Kier alpha value is -1.40. The number of aliphatic hydroxyl groups is 2. The van der Waals surface area contributed by atoms with Crippen LogP contribution in [0.4, 0.5) is 0 Å². The third kappa shape index (κ3) is 41.1. The standard InChI is InChI=1S/C51H99NO5/c1-4-7-10-13-16-19-22-23-24-25-26-27-29-31-34-37-40-43-49(54)48(46-53)52-50(55)45-47(42-39-36-33-30-21-18-15-12-9-6-3)57-51(56)44-41-38-35-32-28-20-17-14-11-8-5-2/h18,21,47-49,53-54H,4-17,19-20,22-46H2,1-3H3,(H,52,55)/b21-18-. The number of unbranched alkanes of at least 4 members (excludes halogenated alkanes) is 32. The van der Waals surface area contributed by atoms with Gasteiger partial charge in [0.2, 0.25) is 5.91 Å². The number of esters is 1. The quantitative estimate of drug-likeness (QED) is 0.0323. The molecule has 3 unspecified atom stereocenters. The average molecular weight is 806 g/mol. The van der Waals surface area contributed by atoms with Crippen LogP contribution in [0.15, 0.2) is 12.2 Å². The van der Waals surface area contributed by atoms with E-state index in [1.165, 1.54) is 167 Å². The summed E-state index contributed by atoms with van der Waals surface area (Å²) in [5.41, 5.74) is 0. The first-order chi connectivity index (χ1) is 28.0. The lowest BCUT2D eigenvalue weighted by atomic mass is 10.0. The second-order valence-electron chi connectivity index (χ2n) is 17.6. The van der Waals surface area contributed by atoms with Crippen LogP contribution in [0.1, 0.15) is 278 Å². The molecule has 0 aromatic rings. The minimum absolute atomic E-state index is 0.0731.